The van der Waals surface area contributed by atoms with Gasteiger partial charge in [0.05, 0.1) is 0 Å². The van der Waals surface area contributed by atoms with Crippen LogP contribution in [0.15, 0.2) is 60.7 Å². The van der Waals surface area contributed by atoms with Crippen LogP contribution in [0.5, 0.6) is 11.5 Å². The second-order valence-corrected chi connectivity index (χ2v) is 13.9. The van der Waals surface area contributed by atoms with Gasteiger partial charge >= 0.3 is 0 Å². The van der Waals surface area contributed by atoms with E-state index in [-0.39, 0.29) is 0 Å². The van der Waals surface area contributed by atoms with E-state index in [1.165, 1.54) is 0 Å². The molecule has 0 aliphatic carbocycles. The van der Waals surface area contributed by atoms with Gasteiger partial charge < -0.3 is 9.05 Å². The molecule has 0 radical (unpaired) electrons. The largest absolute Gasteiger partial charge is 0.439 e. The van der Waals surface area contributed by atoms with Crippen molar-refractivity contribution in [1.29, 1.82) is 0 Å². The predicted octanol–water partition coefficient (Wildman–Crippen LogP) is 4.45. The van der Waals surface area contributed by atoms with Crippen LogP contribution in [0, 0.1) is 0 Å². The van der Waals surface area contributed by atoms with Crippen molar-refractivity contribution in [3.8, 4) is 11.5 Å². The number of hydrogen-bond acceptors (Lipinski definition) is 4. The molecule has 3 heterocycles. The van der Waals surface area contributed by atoms with Gasteiger partial charge in [-0.05, 0) is 60.7 Å². The third-order valence-corrected chi connectivity index (χ3v) is 13.0. The average molecular weight is 452 g/mol. The van der Waals surface area contributed by atoms with Gasteiger partial charge in [-0.3, -0.25) is 0 Å². The number of para-hydroxylation sites is 2. The van der Waals surface area contributed by atoms with Gasteiger partial charge in [0.1, 0.15) is 11.5 Å². The molecule has 2 aromatic rings. The highest BCUT2D eigenvalue weighted by Gasteiger charge is 2.59. The van der Waals surface area contributed by atoms with Crippen molar-refractivity contribution in [2.75, 3.05) is 26.2 Å². The molecule has 2 aromatic carbocycles. The maximum Gasteiger partial charge on any atom is 0.281 e. The lowest BCUT2D eigenvalue weighted by Crippen LogP contribution is -2.52. The molecule has 10 heteroatoms. The second kappa shape index (κ2) is 7.46. The fraction of sp³-hybridized carbons (Fsp3) is 0.333. The Morgan fingerprint density at radius 1 is 0.571 bits per heavy atom. The standard InChI is InChI=1S/C18H22N4O2P2S2/c27-25(23-17-9-3-1-4-10-17)19-13-7-15-21(19)26(28,22-16-8-14-20(22)25)24-18-11-5-2-6-12-18/h1-6,9-12H,7-8,13-16H2. The number of nitrogens with zero attached hydrogens (tertiary/aromatic N) is 4. The minimum Gasteiger partial charge on any atom is -0.439 e. The van der Waals surface area contributed by atoms with Crippen molar-refractivity contribution < 1.29 is 9.05 Å². The molecule has 6 nitrogen and oxygen atoms in total. The molecule has 0 atom stereocenters. The Balaban J connectivity index is 1.55. The van der Waals surface area contributed by atoms with Crippen molar-refractivity contribution in [3.63, 3.8) is 0 Å². The van der Waals surface area contributed by atoms with Crippen LogP contribution < -0.4 is 9.05 Å². The lowest BCUT2D eigenvalue weighted by Gasteiger charge is -2.54. The van der Waals surface area contributed by atoms with Crippen molar-refractivity contribution in [2.45, 2.75) is 12.8 Å². The number of hydrazine groups is 2. The SMILES string of the molecule is S=P1(Oc2ccccc2)N2CCCN2P(=S)(Oc2ccccc2)N2CCCN21. The summed E-state index contributed by atoms with van der Waals surface area (Å²) in [5.74, 6) is 1.62. The second-order valence-electron chi connectivity index (χ2n) is 6.88. The Labute approximate surface area is 176 Å². The topological polar surface area (TPSA) is 31.4 Å². The first-order valence-corrected chi connectivity index (χ1v) is 14.7. The summed E-state index contributed by atoms with van der Waals surface area (Å²) < 4.78 is 21.9. The minimum atomic E-state index is -2.49. The Hall–Kier alpha value is -0.820. The number of rotatable bonds is 4. The van der Waals surface area contributed by atoms with E-state index in [0.29, 0.717) is 0 Å². The lowest BCUT2D eigenvalue weighted by molar-refractivity contribution is 0.0983. The van der Waals surface area contributed by atoms with E-state index in [2.05, 4.69) is 19.1 Å². The Bertz CT molecular complexity index is 844. The molecule has 28 heavy (non-hydrogen) atoms. The fourth-order valence-electron chi connectivity index (χ4n) is 3.86. The van der Waals surface area contributed by atoms with Crippen LogP contribution >= 0.6 is 13.1 Å². The summed E-state index contributed by atoms with van der Waals surface area (Å²) in [6.45, 7) is -1.58. The monoisotopic (exact) mass is 452 g/mol. The number of hydrogen-bond donors (Lipinski definition) is 0. The maximum absolute atomic E-state index is 6.52. The molecule has 3 fully saturated rings. The summed E-state index contributed by atoms with van der Waals surface area (Å²) in [6, 6.07) is 19.8. The molecule has 0 amide bonds. The van der Waals surface area contributed by atoms with Gasteiger partial charge in [0, 0.05) is 26.2 Å². The predicted molar refractivity (Wildman–Crippen MR) is 119 cm³/mol. The van der Waals surface area contributed by atoms with Crippen LogP contribution in [0.2, 0.25) is 0 Å². The molecule has 148 valence electrons. The highest BCUT2D eigenvalue weighted by atomic mass is 32.5. The molecular formula is C18H22N4O2P2S2. The van der Waals surface area contributed by atoms with Crippen LogP contribution in [0.3, 0.4) is 0 Å². The molecule has 3 saturated heterocycles. The van der Waals surface area contributed by atoms with Crippen molar-refractivity contribution in [3.05, 3.63) is 60.7 Å². The Morgan fingerprint density at radius 3 is 1.21 bits per heavy atom. The van der Waals surface area contributed by atoms with E-state index < -0.39 is 13.1 Å². The molecule has 0 N–H and O–H groups in total. The number of fused-ring (bicyclic) bond motifs is 2. The van der Waals surface area contributed by atoms with Crippen molar-refractivity contribution in [1.82, 2.24) is 19.1 Å². The highest BCUT2D eigenvalue weighted by Crippen LogP contribution is 2.73. The molecule has 0 spiro atoms. The van der Waals surface area contributed by atoms with Crippen LogP contribution in [0.4, 0.5) is 0 Å². The molecular weight excluding hydrogens is 430 g/mol. The summed E-state index contributed by atoms with van der Waals surface area (Å²) in [7, 11) is 0. The zero-order chi connectivity index (χ0) is 19.2. The summed E-state index contributed by atoms with van der Waals surface area (Å²) in [5, 5.41) is 0. The molecule has 0 aromatic heterocycles. The van der Waals surface area contributed by atoms with Gasteiger partial charge in [0.15, 0.2) is 0 Å². The van der Waals surface area contributed by atoms with Crippen LogP contribution in [0.25, 0.3) is 0 Å². The first-order chi connectivity index (χ1) is 13.6. The van der Waals surface area contributed by atoms with Gasteiger partial charge in [-0.15, -0.1) is 0 Å². The summed E-state index contributed by atoms with van der Waals surface area (Å²) >= 11 is 12.5. The fourth-order valence-corrected chi connectivity index (χ4v) is 13.0. The Kier molecular flexibility index (Phi) is 5.10. The van der Waals surface area contributed by atoms with Crippen molar-refractivity contribution in [2.24, 2.45) is 0 Å². The maximum atomic E-state index is 6.52. The van der Waals surface area contributed by atoms with E-state index in [9.17, 15) is 0 Å². The lowest BCUT2D eigenvalue weighted by atomic mass is 10.3. The molecule has 3 aliphatic rings. The molecule has 0 saturated carbocycles. The zero-order valence-electron chi connectivity index (χ0n) is 15.3. The van der Waals surface area contributed by atoms with Gasteiger partial charge in [0.2, 0.25) is 0 Å². The zero-order valence-corrected chi connectivity index (χ0v) is 18.8. The number of benzene rings is 2. The third-order valence-electron chi connectivity index (χ3n) is 5.07. The first-order valence-electron chi connectivity index (χ1n) is 9.42. The normalized spacial score (nSPS) is 31.4. The van der Waals surface area contributed by atoms with E-state index in [4.69, 9.17) is 32.7 Å². The molecule has 0 unspecified atom stereocenters. The smallest absolute Gasteiger partial charge is 0.281 e. The summed E-state index contributed by atoms with van der Waals surface area (Å²) in [4.78, 5) is 0. The van der Waals surface area contributed by atoms with Crippen LogP contribution in [0.1, 0.15) is 12.8 Å². The Morgan fingerprint density at radius 2 is 0.893 bits per heavy atom. The molecule has 3 aliphatic heterocycles. The van der Waals surface area contributed by atoms with E-state index in [1.807, 2.05) is 60.7 Å². The quantitative estimate of drug-likeness (QED) is 0.629. The van der Waals surface area contributed by atoms with Crippen molar-refractivity contribution >= 4 is 36.7 Å². The van der Waals surface area contributed by atoms with Crippen LogP contribution in [-0.2, 0) is 23.6 Å². The van der Waals surface area contributed by atoms with Gasteiger partial charge in [0.25, 0.3) is 13.1 Å². The first kappa shape index (κ1) is 19.2. The van der Waals surface area contributed by atoms with Gasteiger partial charge in [-0.1, -0.05) is 36.4 Å². The molecule has 5 rings (SSSR count). The third kappa shape index (κ3) is 3.08. The van der Waals surface area contributed by atoms with Crippen LogP contribution in [-0.4, -0.2) is 45.3 Å². The highest BCUT2D eigenvalue weighted by molar-refractivity contribution is 8.13. The van der Waals surface area contributed by atoms with E-state index in [0.717, 1.165) is 50.5 Å². The molecule has 0 bridgehead atoms. The van der Waals surface area contributed by atoms with E-state index >= 15 is 0 Å². The van der Waals surface area contributed by atoms with Gasteiger partial charge in [-0.2, -0.15) is 19.1 Å². The minimum absolute atomic E-state index is 0.809. The van der Waals surface area contributed by atoms with E-state index in [1.54, 1.807) is 0 Å². The summed E-state index contributed by atoms with van der Waals surface area (Å²) in [6.07, 6.45) is 2.02. The van der Waals surface area contributed by atoms with Gasteiger partial charge in [-0.25, -0.2) is 0 Å². The average Bonchev–Trinajstić information content (AvgIpc) is 3.40. The summed E-state index contributed by atoms with van der Waals surface area (Å²) in [5.41, 5.74) is 0.